The molecule has 2 fully saturated rings. The number of ether oxygens (including phenoxy) is 2. The molecule has 1 saturated carbocycles. The number of hydrogen-bond donors (Lipinski definition) is 1. The van der Waals surface area contributed by atoms with Crippen LogP contribution in [-0.4, -0.2) is 53.2 Å². The largest absolute Gasteiger partial charge is 0.377 e. The third-order valence-corrected chi connectivity index (χ3v) is 8.28. The van der Waals surface area contributed by atoms with E-state index in [4.69, 9.17) is 33.0 Å². The molecular formula is C23H27B3O3. The van der Waals surface area contributed by atoms with Crippen molar-refractivity contribution in [1.82, 2.24) is 0 Å². The number of hydrogen-bond acceptors (Lipinski definition) is 3. The van der Waals surface area contributed by atoms with Gasteiger partial charge in [-0.25, -0.2) is 0 Å². The quantitative estimate of drug-likeness (QED) is 0.516. The van der Waals surface area contributed by atoms with E-state index in [1.54, 1.807) is 5.57 Å². The Morgan fingerprint density at radius 2 is 1.90 bits per heavy atom. The number of rotatable bonds is 0. The summed E-state index contributed by atoms with van der Waals surface area (Å²) in [5.41, 5.74) is 3.19. The van der Waals surface area contributed by atoms with Crippen LogP contribution in [-0.2, 0) is 9.47 Å². The van der Waals surface area contributed by atoms with E-state index >= 15 is 0 Å². The standard InChI is InChI=1S/C23H27B3O3/c1-20-7-4-17-16-5-9-22(28-12-13-29-22)14-15(16)2-3-18(17)19(20)6-8-21(20,27)10-11-23(24,25)26/h4,18-19,27H,2-3,5-9,12-14H2,1H3/t18-,19+,20+,21-/m1/s1. The molecule has 146 valence electrons. The molecule has 0 amide bonds. The SMILES string of the molecule is [B]C([B])([B])C#C[C@]1(O)CC[C@H]2[C@@H]3CCC4=C(CCC5(C4)OCCO5)C3=CC[C@@]21C. The highest BCUT2D eigenvalue weighted by atomic mass is 16.7. The molecule has 5 aliphatic rings. The van der Waals surface area contributed by atoms with Gasteiger partial charge in [0.2, 0.25) is 0 Å². The zero-order valence-electron chi connectivity index (χ0n) is 17.3. The predicted octanol–water partition coefficient (Wildman–Crippen LogP) is 2.68. The van der Waals surface area contributed by atoms with Gasteiger partial charge in [0.1, 0.15) is 5.60 Å². The smallest absolute Gasteiger partial charge is 0.172 e. The molecule has 4 aliphatic carbocycles. The molecule has 4 atom stereocenters. The molecular weight excluding hydrogens is 357 g/mol. The van der Waals surface area contributed by atoms with Crippen LogP contribution < -0.4 is 0 Å². The van der Waals surface area contributed by atoms with Crippen molar-refractivity contribution < 1.29 is 14.6 Å². The van der Waals surface area contributed by atoms with Crippen LogP contribution in [0.2, 0.25) is 5.11 Å². The summed E-state index contributed by atoms with van der Waals surface area (Å²) in [6.07, 6.45) is 9.91. The minimum absolute atomic E-state index is 0.301. The Bertz CT molecular complexity index is 840. The predicted molar refractivity (Wildman–Crippen MR) is 114 cm³/mol. The summed E-state index contributed by atoms with van der Waals surface area (Å²) in [6.45, 7) is 3.60. The van der Waals surface area contributed by atoms with Crippen LogP contribution >= 0.6 is 0 Å². The van der Waals surface area contributed by atoms with Crippen LogP contribution in [0.5, 0.6) is 0 Å². The molecule has 5 rings (SSSR count). The van der Waals surface area contributed by atoms with Gasteiger partial charge in [-0.05, 0) is 61.5 Å². The number of fused-ring (bicyclic) bond motifs is 4. The summed E-state index contributed by atoms with van der Waals surface area (Å²) in [5, 5.41) is 9.88. The molecule has 0 aromatic heterocycles. The van der Waals surface area contributed by atoms with Gasteiger partial charge in [0, 0.05) is 18.3 Å². The maximum absolute atomic E-state index is 11.5. The third-order valence-electron chi connectivity index (χ3n) is 8.28. The third kappa shape index (κ3) is 3.11. The van der Waals surface area contributed by atoms with Gasteiger partial charge < -0.3 is 14.6 Å². The zero-order valence-corrected chi connectivity index (χ0v) is 17.3. The highest BCUT2D eigenvalue weighted by molar-refractivity contribution is 6.61. The lowest BCUT2D eigenvalue weighted by molar-refractivity contribution is -0.164. The van der Waals surface area contributed by atoms with Crippen LogP contribution in [0.1, 0.15) is 58.3 Å². The van der Waals surface area contributed by atoms with Crippen LogP contribution in [0.25, 0.3) is 0 Å². The summed E-state index contributed by atoms with van der Waals surface area (Å²) in [6, 6.07) is 0. The van der Waals surface area contributed by atoms with E-state index in [0.29, 0.717) is 31.5 Å². The number of aliphatic hydroxyl groups is 1. The molecule has 0 unspecified atom stereocenters. The van der Waals surface area contributed by atoms with Gasteiger partial charge in [-0.2, -0.15) is 0 Å². The molecule has 1 saturated heterocycles. The van der Waals surface area contributed by atoms with Crippen LogP contribution in [0, 0.1) is 29.1 Å². The van der Waals surface area contributed by atoms with Crippen molar-refractivity contribution in [3.05, 3.63) is 22.8 Å². The first-order valence-electron chi connectivity index (χ1n) is 11.0. The lowest BCUT2D eigenvalue weighted by Crippen LogP contribution is -2.48. The first-order chi connectivity index (χ1) is 13.6. The first kappa shape index (κ1) is 20.0. The molecule has 6 heteroatoms. The number of allylic oxidation sites excluding steroid dienone is 3. The normalized spacial score (nSPS) is 40.6. The first-order valence-corrected chi connectivity index (χ1v) is 11.0. The Morgan fingerprint density at radius 3 is 2.62 bits per heavy atom. The zero-order chi connectivity index (χ0) is 20.5. The minimum atomic E-state index is -1.58. The lowest BCUT2D eigenvalue weighted by atomic mass is 9.43. The van der Waals surface area contributed by atoms with E-state index in [-0.39, 0.29) is 11.2 Å². The van der Waals surface area contributed by atoms with Gasteiger partial charge in [-0.1, -0.05) is 29.6 Å². The Kier molecular flexibility index (Phi) is 4.53. The lowest BCUT2D eigenvalue weighted by Gasteiger charge is -2.50. The van der Waals surface area contributed by atoms with Gasteiger partial charge >= 0.3 is 0 Å². The van der Waals surface area contributed by atoms with Crippen molar-refractivity contribution in [3.8, 4) is 11.8 Å². The molecule has 1 aliphatic heterocycles. The van der Waals surface area contributed by atoms with E-state index in [0.717, 1.165) is 44.9 Å². The highest BCUT2D eigenvalue weighted by Crippen LogP contribution is 2.62. The average Bonchev–Trinajstić information content (AvgIpc) is 3.22. The Labute approximate surface area is 178 Å². The van der Waals surface area contributed by atoms with Gasteiger partial charge in [0.05, 0.1) is 36.8 Å². The van der Waals surface area contributed by atoms with Crippen molar-refractivity contribution >= 4 is 23.5 Å². The molecule has 29 heavy (non-hydrogen) atoms. The van der Waals surface area contributed by atoms with E-state index in [9.17, 15) is 5.11 Å². The van der Waals surface area contributed by atoms with Gasteiger partial charge in [-0.15, -0.1) is 5.92 Å². The molecule has 3 nitrogen and oxygen atoms in total. The maximum atomic E-state index is 11.5. The average molecular weight is 384 g/mol. The summed E-state index contributed by atoms with van der Waals surface area (Å²) < 4.78 is 12.0. The minimum Gasteiger partial charge on any atom is -0.377 e. The van der Waals surface area contributed by atoms with Crippen LogP contribution in [0.15, 0.2) is 22.8 Å². The van der Waals surface area contributed by atoms with Crippen molar-refractivity contribution in [1.29, 1.82) is 0 Å². The molecule has 1 N–H and O–H groups in total. The molecule has 0 aromatic carbocycles. The van der Waals surface area contributed by atoms with Gasteiger partial charge in [0.15, 0.2) is 5.79 Å². The van der Waals surface area contributed by atoms with E-state index in [2.05, 4.69) is 24.8 Å². The van der Waals surface area contributed by atoms with E-state index < -0.39 is 10.7 Å². The van der Waals surface area contributed by atoms with E-state index in [1.807, 2.05) is 0 Å². The summed E-state index contributed by atoms with van der Waals surface area (Å²) >= 11 is 0. The van der Waals surface area contributed by atoms with Crippen molar-refractivity contribution in [3.63, 3.8) is 0 Å². The van der Waals surface area contributed by atoms with E-state index in [1.165, 1.54) is 11.1 Å². The summed E-state index contributed by atoms with van der Waals surface area (Å²) in [7, 11) is 16.9. The second-order valence-electron chi connectivity index (χ2n) is 9.98. The topological polar surface area (TPSA) is 38.7 Å². The van der Waals surface area contributed by atoms with Crippen molar-refractivity contribution in [2.24, 2.45) is 17.3 Å². The Morgan fingerprint density at radius 1 is 1.14 bits per heavy atom. The van der Waals surface area contributed by atoms with Crippen molar-refractivity contribution in [2.45, 2.75) is 74.8 Å². The summed E-state index contributed by atoms with van der Waals surface area (Å²) in [4.78, 5) is 0. The molecule has 6 radical (unpaired) electrons. The van der Waals surface area contributed by atoms with Crippen molar-refractivity contribution in [2.75, 3.05) is 13.2 Å². The monoisotopic (exact) mass is 384 g/mol. The van der Waals surface area contributed by atoms with Gasteiger partial charge in [0.25, 0.3) is 0 Å². The second kappa shape index (κ2) is 6.55. The van der Waals surface area contributed by atoms with Crippen LogP contribution in [0.3, 0.4) is 0 Å². The molecule has 1 heterocycles. The Hall–Kier alpha value is -0.885. The fourth-order valence-electron chi connectivity index (χ4n) is 6.72. The molecule has 0 bridgehead atoms. The fourth-order valence-corrected chi connectivity index (χ4v) is 6.72. The maximum Gasteiger partial charge on any atom is 0.172 e. The van der Waals surface area contributed by atoms with Gasteiger partial charge in [-0.3, -0.25) is 0 Å². The van der Waals surface area contributed by atoms with Crippen LogP contribution in [0.4, 0.5) is 0 Å². The second-order valence-corrected chi connectivity index (χ2v) is 9.98. The molecule has 0 aromatic rings. The highest BCUT2D eigenvalue weighted by Gasteiger charge is 2.60. The fraction of sp³-hybridized carbons (Fsp3) is 0.739. The Balaban J connectivity index is 1.45. The molecule has 1 spiro atoms. The summed E-state index contributed by atoms with van der Waals surface area (Å²) in [5.74, 6) is 6.20.